The molecule has 0 aromatic heterocycles. The van der Waals surface area contributed by atoms with E-state index in [1.54, 1.807) is 13.2 Å². The van der Waals surface area contributed by atoms with Gasteiger partial charge in [0.15, 0.2) is 0 Å². The Kier molecular flexibility index (Phi) is 3.27. The van der Waals surface area contributed by atoms with Gasteiger partial charge in [0.05, 0.1) is 7.11 Å². The van der Waals surface area contributed by atoms with E-state index in [0.717, 1.165) is 16.3 Å². The van der Waals surface area contributed by atoms with E-state index in [1.807, 2.05) is 48.5 Å². The van der Waals surface area contributed by atoms with E-state index in [2.05, 4.69) is 0 Å². The van der Waals surface area contributed by atoms with Crippen LogP contribution in [0.4, 0.5) is 0 Å². The van der Waals surface area contributed by atoms with Crippen molar-refractivity contribution in [2.45, 2.75) is 0 Å². The van der Waals surface area contributed by atoms with Crippen LogP contribution in [0.5, 0.6) is 5.75 Å². The number of rotatable bonds is 2. The molecule has 0 amide bonds. The smallest absolute Gasteiger partial charge is 0.130 e. The van der Waals surface area contributed by atoms with Crippen molar-refractivity contribution in [2.75, 3.05) is 7.11 Å². The molecule has 0 aliphatic rings. The highest BCUT2D eigenvalue weighted by Gasteiger charge is 2.07. The third-order valence-corrected chi connectivity index (χ3v) is 2.68. The monoisotopic (exact) mass is 234 g/mol. The minimum atomic E-state index is 0.0599. The van der Waals surface area contributed by atoms with Gasteiger partial charge in [0.2, 0.25) is 0 Å². The minimum absolute atomic E-state index is 0.0599. The Labute approximate surface area is 105 Å². The average Bonchev–Trinajstić information content (AvgIpc) is 2.44. The second kappa shape index (κ2) is 5.03. The van der Waals surface area contributed by atoms with E-state index < -0.39 is 0 Å². The van der Waals surface area contributed by atoms with Gasteiger partial charge in [-0.2, -0.15) is 10.5 Å². The molecule has 0 bridgehead atoms. The predicted molar refractivity (Wildman–Crippen MR) is 69.7 cm³/mol. The first-order chi connectivity index (χ1) is 8.80. The van der Waals surface area contributed by atoms with E-state index in [4.69, 9.17) is 15.3 Å². The summed E-state index contributed by atoms with van der Waals surface area (Å²) in [5.41, 5.74) is 0.818. The second-order valence-electron chi connectivity index (χ2n) is 3.68. The summed E-state index contributed by atoms with van der Waals surface area (Å²) in [4.78, 5) is 0. The van der Waals surface area contributed by atoms with Gasteiger partial charge in [0.1, 0.15) is 23.5 Å². The number of ether oxygens (including phenoxy) is 1. The maximum Gasteiger partial charge on any atom is 0.130 e. The van der Waals surface area contributed by atoms with Gasteiger partial charge in [-0.1, -0.05) is 30.3 Å². The summed E-state index contributed by atoms with van der Waals surface area (Å²) in [5, 5.41) is 19.7. The third kappa shape index (κ3) is 2.03. The molecule has 86 valence electrons. The Morgan fingerprint density at radius 3 is 2.50 bits per heavy atom. The largest absolute Gasteiger partial charge is 0.496 e. The first-order valence-electron chi connectivity index (χ1n) is 5.37. The summed E-state index contributed by atoms with van der Waals surface area (Å²) in [7, 11) is 1.57. The van der Waals surface area contributed by atoms with Crippen LogP contribution >= 0.6 is 0 Å². The number of benzene rings is 2. The highest BCUT2D eigenvalue weighted by molar-refractivity contribution is 5.94. The topological polar surface area (TPSA) is 56.8 Å². The average molecular weight is 234 g/mol. The number of methoxy groups -OCH3 is 1. The Balaban J connectivity index is 2.78. The van der Waals surface area contributed by atoms with Crippen molar-refractivity contribution in [1.82, 2.24) is 0 Å². The van der Waals surface area contributed by atoms with E-state index in [-0.39, 0.29) is 5.57 Å². The number of hydrogen-bond acceptors (Lipinski definition) is 3. The summed E-state index contributed by atoms with van der Waals surface area (Å²) in [6.45, 7) is 0. The molecule has 0 fully saturated rings. The third-order valence-electron chi connectivity index (χ3n) is 2.68. The van der Waals surface area contributed by atoms with Crippen LogP contribution < -0.4 is 4.74 Å². The highest BCUT2D eigenvalue weighted by atomic mass is 16.5. The van der Waals surface area contributed by atoms with Gasteiger partial charge in [-0.05, 0) is 22.9 Å². The molecule has 2 aromatic rings. The van der Waals surface area contributed by atoms with Gasteiger partial charge in [0, 0.05) is 5.56 Å². The summed E-state index contributed by atoms with van der Waals surface area (Å²) in [5.74, 6) is 0.650. The normalized spacial score (nSPS) is 9.28. The maximum atomic E-state index is 8.84. The lowest BCUT2D eigenvalue weighted by atomic mass is 10.0. The van der Waals surface area contributed by atoms with Gasteiger partial charge in [-0.15, -0.1) is 0 Å². The lowest BCUT2D eigenvalue weighted by Crippen LogP contribution is -1.89. The molecular weight excluding hydrogens is 224 g/mol. The zero-order valence-electron chi connectivity index (χ0n) is 9.84. The summed E-state index contributed by atoms with van der Waals surface area (Å²) < 4.78 is 5.28. The lowest BCUT2D eigenvalue weighted by Gasteiger charge is -2.08. The Morgan fingerprint density at radius 2 is 1.83 bits per heavy atom. The van der Waals surface area contributed by atoms with Gasteiger partial charge in [-0.3, -0.25) is 0 Å². The molecule has 0 aliphatic heterocycles. The quantitative estimate of drug-likeness (QED) is 0.749. The molecule has 0 radical (unpaired) electrons. The Hall–Kier alpha value is -2.78. The molecule has 0 saturated heterocycles. The van der Waals surface area contributed by atoms with Crippen molar-refractivity contribution in [3.05, 3.63) is 47.5 Å². The van der Waals surface area contributed by atoms with Crippen LogP contribution in [0, 0.1) is 22.7 Å². The van der Waals surface area contributed by atoms with Crippen molar-refractivity contribution in [3.8, 4) is 17.9 Å². The summed E-state index contributed by atoms with van der Waals surface area (Å²) in [6, 6.07) is 15.3. The molecule has 0 N–H and O–H groups in total. The Morgan fingerprint density at radius 1 is 1.11 bits per heavy atom. The van der Waals surface area contributed by atoms with Crippen LogP contribution in [0.15, 0.2) is 42.0 Å². The van der Waals surface area contributed by atoms with Crippen LogP contribution in [0.25, 0.3) is 16.8 Å². The number of fused-ring (bicyclic) bond motifs is 1. The van der Waals surface area contributed by atoms with Crippen LogP contribution in [-0.4, -0.2) is 7.11 Å². The summed E-state index contributed by atoms with van der Waals surface area (Å²) in [6.07, 6.45) is 1.56. The lowest BCUT2D eigenvalue weighted by molar-refractivity contribution is 0.414. The van der Waals surface area contributed by atoms with Crippen LogP contribution in [0.2, 0.25) is 0 Å². The first-order valence-corrected chi connectivity index (χ1v) is 5.37. The fourth-order valence-electron chi connectivity index (χ4n) is 1.84. The van der Waals surface area contributed by atoms with Crippen molar-refractivity contribution in [2.24, 2.45) is 0 Å². The molecule has 3 heteroatoms. The fraction of sp³-hybridized carbons (Fsp3) is 0.0667. The molecule has 0 unspecified atom stereocenters. The van der Waals surface area contributed by atoms with Crippen LogP contribution in [-0.2, 0) is 0 Å². The van der Waals surface area contributed by atoms with Crippen molar-refractivity contribution < 1.29 is 4.74 Å². The van der Waals surface area contributed by atoms with Gasteiger partial charge >= 0.3 is 0 Å². The van der Waals surface area contributed by atoms with E-state index in [1.165, 1.54) is 0 Å². The molecule has 0 saturated carbocycles. The van der Waals surface area contributed by atoms with E-state index >= 15 is 0 Å². The van der Waals surface area contributed by atoms with Crippen molar-refractivity contribution in [1.29, 1.82) is 10.5 Å². The van der Waals surface area contributed by atoms with Crippen molar-refractivity contribution in [3.63, 3.8) is 0 Å². The van der Waals surface area contributed by atoms with E-state index in [9.17, 15) is 0 Å². The standard InChI is InChI=1S/C15H10N2O/c1-18-15-7-6-12-4-2-3-5-13(12)14(15)8-11(9-16)10-17/h2-8H,1H3. The highest BCUT2D eigenvalue weighted by Crippen LogP contribution is 2.29. The second-order valence-corrected chi connectivity index (χ2v) is 3.68. The zero-order chi connectivity index (χ0) is 13.0. The molecule has 2 rings (SSSR count). The van der Waals surface area contributed by atoms with Crippen molar-refractivity contribution >= 4 is 16.8 Å². The van der Waals surface area contributed by atoms with E-state index in [0.29, 0.717) is 5.75 Å². The molecule has 0 atom stereocenters. The number of nitriles is 2. The number of nitrogens with zero attached hydrogens (tertiary/aromatic N) is 2. The molecular formula is C15H10N2O. The van der Waals surface area contributed by atoms with Gasteiger partial charge < -0.3 is 4.74 Å². The zero-order valence-corrected chi connectivity index (χ0v) is 9.84. The first kappa shape index (κ1) is 11.7. The minimum Gasteiger partial charge on any atom is -0.496 e. The number of hydrogen-bond donors (Lipinski definition) is 0. The fourth-order valence-corrected chi connectivity index (χ4v) is 1.84. The van der Waals surface area contributed by atoms with Gasteiger partial charge in [0.25, 0.3) is 0 Å². The molecule has 18 heavy (non-hydrogen) atoms. The molecule has 3 nitrogen and oxygen atoms in total. The SMILES string of the molecule is COc1ccc2ccccc2c1C=C(C#N)C#N. The number of allylic oxidation sites excluding steroid dienone is 1. The molecule has 2 aromatic carbocycles. The predicted octanol–water partition coefficient (Wildman–Crippen LogP) is 3.28. The molecule has 0 spiro atoms. The van der Waals surface area contributed by atoms with Crippen LogP contribution in [0.1, 0.15) is 5.56 Å². The molecule has 0 aliphatic carbocycles. The summed E-state index contributed by atoms with van der Waals surface area (Å²) >= 11 is 0. The maximum absolute atomic E-state index is 8.84. The van der Waals surface area contributed by atoms with Crippen LogP contribution in [0.3, 0.4) is 0 Å². The van der Waals surface area contributed by atoms with Gasteiger partial charge in [-0.25, -0.2) is 0 Å². The molecule has 0 heterocycles. The Bertz CT molecular complexity index is 686.